The van der Waals surface area contributed by atoms with E-state index in [0.29, 0.717) is 11.0 Å². The van der Waals surface area contributed by atoms with E-state index in [2.05, 4.69) is 20.4 Å². The van der Waals surface area contributed by atoms with Crippen LogP contribution in [0.2, 0.25) is 0 Å². The fourth-order valence-corrected chi connectivity index (χ4v) is 2.97. The van der Waals surface area contributed by atoms with Crippen molar-refractivity contribution in [1.29, 1.82) is 0 Å². The summed E-state index contributed by atoms with van der Waals surface area (Å²) in [4.78, 5) is 19.4. The highest BCUT2D eigenvalue weighted by Gasteiger charge is 2.20. The molecule has 0 amide bonds. The largest absolute Gasteiger partial charge is 0.490 e. The highest BCUT2D eigenvalue weighted by molar-refractivity contribution is 5.74. The summed E-state index contributed by atoms with van der Waals surface area (Å²) in [6.07, 6.45) is 0.746. The van der Waals surface area contributed by atoms with Crippen molar-refractivity contribution in [3.05, 3.63) is 45.9 Å². The molecule has 0 bridgehead atoms. The van der Waals surface area contributed by atoms with Crippen molar-refractivity contribution in [2.45, 2.75) is 46.3 Å². The molecule has 3 N–H and O–H groups in total. The van der Waals surface area contributed by atoms with Gasteiger partial charge in [0.25, 0.3) is 5.56 Å². The summed E-state index contributed by atoms with van der Waals surface area (Å²) in [5, 5.41) is 17.9. The van der Waals surface area contributed by atoms with Crippen LogP contribution in [0.25, 0.3) is 11.0 Å². The van der Waals surface area contributed by atoms with E-state index >= 15 is 0 Å². The van der Waals surface area contributed by atoms with Crippen LogP contribution in [0, 0.1) is 13.8 Å². The Kier molecular flexibility index (Phi) is 5.42. The molecule has 1 atom stereocenters. The molecule has 150 valence electrons. The molecule has 3 aromatic rings. The maximum atomic E-state index is 12.3. The number of fused-ring (bicyclic) bond motifs is 1. The van der Waals surface area contributed by atoms with Gasteiger partial charge in [0.2, 0.25) is 5.95 Å². The predicted molar refractivity (Wildman–Crippen MR) is 109 cm³/mol. The number of aliphatic hydroxyl groups excluding tert-OH is 1. The molecule has 8 heteroatoms. The number of aliphatic hydroxyl groups is 1. The van der Waals surface area contributed by atoms with E-state index in [4.69, 9.17) is 4.74 Å². The normalized spacial score (nSPS) is 12.9. The lowest BCUT2D eigenvalue weighted by Gasteiger charge is -2.20. The molecule has 0 aliphatic carbocycles. The zero-order chi connectivity index (χ0) is 20.5. The number of aromatic amines is 1. The Hall–Kier alpha value is -2.87. The van der Waals surface area contributed by atoms with Gasteiger partial charge in [-0.15, -0.1) is 0 Å². The highest BCUT2D eigenvalue weighted by Crippen LogP contribution is 2.22. The second-order valence-corrected chi connectivity index (χ2v) is 7.95. The van der Waals surface area contributed by atoms with Crippen molar-refractivity contribution < 1.29 is 9.84 Å². The van der Waals surface area contributed by atoms with Gasteiger partial charge in [0.15, 0.2) is 5.65 Å². The third-order valence-electron chi connectivity index (χ3n) is 4.41. The minimum atomic E-state index is -0.771. The number of aromatic nitrogens is 4. The molecule has 0 aliphatic rings. The van der Waals surface area contributed by atoms with Crippen LogP contribution in [-0.2, 0) is 5.54 Å². The van der Waals surface area contributed by atoms with Crippen LogP contribution in [0.3, 0.4) is 0 Å². The lowest BCUT2D eigenvalue weighted by Crippen LogP contribution is -2.28. The van der Waals surface area contributed by atoms with E-state index in [1.807, 2.05) is 52.8 Å². The zero-order valence-corrected chi connectivity index (χ0v) is 16.9. The van der Waals surface area contributed by atoms with Gasteiger partial charge >= 0.3 is 0 Å². The summed E-state index contributed by atoms with van der Waals surface area (Å²) in [6, 6.07) is 5.90. The van der Waals surface area contributed by atoms with Crippen LogP contribution >= 0.6 is 0 Å². The minimum absolute atomic E-state index is 0.130. The molecule has 3 rings (SSSR count). The fourth-order valence-electron chi connectivity index (χ4n) is 2.97. The van der Waals surface area contributed by atoms with E-state index < -0.39 is 6.10 Å². The van der Waals surface area contributed by atoms with Gasteiger partial charge < -0.3 is 15.2 Å². The number of hydrogen-bond donors (Lipinski definition) is 3. The third kappa shape index (κ3) is 4.17. The number of hydrogen-bond acceptors (Lipinski definition) is 6. The predicted octanol–water partition coefficient (Wildman–Crippen LogP) is 2.34. The van der Waals surface area contributed by atoms with Gasteiger partial charge in [-0.1, -0.05) is 18.2 Å². The van der Waals surface area contributed by atoms with E-state index in [1.165, 1.54) is 6.20 Å². The number of nitrogens with zero attached hydrogens (tertiary/aromatic N) is 3. The first-order valence-electron chi connectivity index (χ1n) is 9.26. The van der Waals surface area contributed by atoms with E-state index in [0.717, 1.165) is 16.9 Å². The summed E-state index contributed by atoms with van der Waals surface area (Å²) < 4.78 is 7.48. The summed E-state index contributed by atoms with van der Waals surface area (Å²) in [5.74, 6) is 1.07. The number of ether oxygens (including phenoxy) is 1. The Balaban J connectivity index is 1.68. The number of para-hydroxylation sites is 1. The van der Waals surface area contributed by atoms with Crippen molar-refractivity contribution in [2.24, 2.45) is 0 Å². The number of rotatable bonds is 6. The summed E-state index contributed by atoms with van der Waals surface area (Å²) in [5.41, 5.74) is 1.96. The number of benzene rings is 1. The Bertz CT molecular complexity index is 1010. The van der Waals surface area contributed by atoms with E-state index in [1.54, 1.807) is 4.68 Å². The van der Waals surface area contributed by atoms with Gasteiger partial charge in [-0.05, 0) is 45.7 Å². The van der Waals surface area contributed by atoms with Gasteiger partial charge in [-0.25, -0.2) is 4.68 Å². The Morgan fingerprint density at radius 1 is 1.29 bits per heavy atom. The minimum Gasteiger partial charge on any atom is -0.490 e. The number of nitrogens with one attached hydrogen (secondary N) is 2. The fraction of sp³-hybridized carbons (Fsp3) is 0.450. The van der Waals surface area contributed by atoms with Crippen molar-refractivity contribution in [2.75, 3.05) is 18.5 Å². The first-order valence-corrected chi connectivity index (χ1v) is 9.26. The average Bonchev–Trinajstić information content (AvgIpc) is 3.04. The van der Waals surface area contributed by atoms with Crippen LogP contribution in [-0.4, -0.2) is 44.1 Å². The van der Waals surface area contributed by atoms with Crippen LogP contribution in [0.5, 0.6) is 5.75 Å². The Morgan fingerprint density at radius 3 is 2.61 bits per heavy atom. The number of aryl methyl sites for hydroxylation is 2. The topological polar surface area (TPSA) is 105 Å². The second-order valence-electron chi connectivity index (χ2n) is 7.95. The Labute approximate surface area is 163 Å². The van der Waals surface area contributed by atoms with Crippen molar-refractivity contribution in [1.82, 2.24) is 19.7 Å². The van der Waals surface area contributed by atoms with E-state index in [-0.39, 0.29) is 30.2 Å². The molecule has 8 nitrogen and oxygen atoms in total. The van der Waals surface area contributed by atoms with Gasteiger partial charge in [-0.2, -0.15) is 10.1 Å². The first kappa shape index (κ1) is 19.9. The molecule has 1 aromatic carbocycles. The zero-order valence-electron chi connectivity index (χ0n) is 16.9. The third-order valence-corrected chi connectivity index (χ3v) is 4.41. The molecule has 2 aromatic heterocycles. The smallest absolute Gasteiger partial charge is 0.263 e. The molecule has 2 heterocycles. The van der Waals surface area contributed by atoms with Gasteiger partial charge in [-0.3, -0.25) is 9.78 Å². The van der Waals surface area contributed by atoms with Crippen molar-refractivity contribution >= 4 is 17.0 Å². The van der Waals surface area contributed by atoms with E-state index in [9.17, 15) is 9.90 Å². The lowest BCUT2D eigenvalue weighted by molar-refractivity contribution is 0.116. The van der Waals surface area contributed by atoms with Crippen LogP contribution in [0.15, 0.2) is 29.2 Å². The molecule has 0 aliphatic heterocycles. The molecule has 0 radical (unpaired) electrons. The lowest BCUT2D eigenvalue weighted by atomic mass is 10.1. The van der Waals surface area contributed by atoms with Crippen LogP contribution in [0.4, 0.5) is 5.95 Å². The standard InChI is InChI=1S/C20H27N5O3/c1-12-7-6-8-13(2)16(12)28-11-14(26)9-21-19-23-17-15(18(27)24-19)10-22-25(17)20(3,4)5/h6-8,10,14,26H,9,11H2,1-5H3,(H2,21,23,24,27)/t14-/m1/s1. The monoisotopic (exact) mass is 385 g/mol. The molecular formula is C20H27N5O3. The summed E-state index contributed by atoms with van der Waals surface area (Å²) in [6.45, 7) is 10.2. The van der Waals surface area contributed by atoms with Crippen molar-refractivity contribution in [3.63, 3.8) is 0 Å². The Morgan fingerprint density at radius 2 is 1.96 bits per heavy atom. The maximum absolute atomic E-state index is 12.3. The summed E-state index contributed by atoms with van der Waals surface area (Å²) in [7, 11) is 0. The SMILES string of the molecule is Cc1cccc(C)c1OC[C@H](O)CNc1nc2c(cnn2C(C)(C)C)c(=O)[nH]1. The summed E-state index contributed by atoms with van der Waals surface area (Å²) >= 11 is 0. The molecule has 0 saturated carbocycles. The molecular weight excluding hydrogens is 358 g/mol. The van der Waals surface area contributed by atoms with Gasteiger partial charge in [0.1, 0.15) is 23.8 Å². The molecule has 28 heavy (non-hydrogen) atoms. The quantitative estimate of drug-likeness (QED) is 0.602. The molecule has 0 unspecified atom stereocenters. The van der Waals surface area contributed by atoms with Crippen LogP contribution < -0.4 is 15.6 Å². The molecule has 0 fully saturated rings. The number of anilines is 1. The first-order chi connectivity index (χ1) is 13.2. The van der Waals surface area contributed by atoms with Crippen LogP contribution in [0.1, 0.15) is 31.9 Å². The average molecular weight is 385 g/mol. The maximum Gasteiger partial charge on any atom is 0.263 e. The van der Waals surface area contributed by atoms with Crippen molar-refractivity contribution in [3.8, 4) is 5.75 Å². The molecule has 0 spiro atoms. The number of H-pyrrole nitrogens is 1. The molecule has 0 saturated heterocycles. The van der Waals surface area contributed by atoms with Gasteiger partial charge in [0, 0.05) is 6.54 Å². The second kappa shape index (κ2) is 7.63. The highest BCUT2D eigenvalue weighted by atomic mass is 16.5. The van der Waals surface area contributed by atoms with Gasteiger partial charge in [0.05, 0.1) is 11.7 Å².